The van der Waals surface area contributed by atoms with Crippen LogP contribution in [0.3, 0.4) is 0 Å². The highest BCUT2D eigenvalue weighted by Crippen LogP contribution is 2.11. The Morgan fingerprint density at radius 2 is 1.83 bits per heavy atom. The van der Waals surface area contributed by atoms with Gasteiger partial charge in [0.15, 0.2) is 12.4 Å². The van der Waals surface area contributed by atoms with E-state index in [0.29, 0.717) is 10.8 Å². The highest BCUT2D eigenvalue weighted by molar-refractivity contribution is 5.99. The zero-order valence-electron chi connectivity index (χ0n) is 12.4. The Bertz CT molecular complexity index is 993. The van der Waals surface area contributed by atoms with Crippen LogP contribution >= 0.6 is 0 Å². The van der Waals surface area contributed by atoms with E-state index in [1.165, 1.54) is 24.3 Å². The SMILES string of the molecule is O=C(COC(=O)c1cc2ccccc2c(=O)[nH]1)c1cccc(F)c1. The van der Waals surface area contributed by atoms with Crippen LogP contribution in [-0.2, 0) is 4.74 Å². The first-order valence-corrected chi connectivity index (χ1v) is 7.12. The highest BCUT2D eigenvalue weighted by Gasteiger charge is 2.14. The molecule has 1 aromatic heterocycles. The maximum Gasteiger partial charge on any atom is 0.355 e. The largest absolute Gasteiger partial charge is 0.453 e. The van der Waals surface area contributed by atoms with Crippen LogP contribution in [0, 0.1) is 5.82 Å². The Balaban J connectivity index is 1.76. The van der Waals surface area contributed by atoms with E-state index in [2.05, 4.69) is 4.98 Å². The van der Waals surface area contributed by atoms with E-state index in [9.17, 15) is 18.8 Å². The molecule has 0 amide bonds. The number of carbonyl (C=O) groups excluding carboxylic acids is 2. The summed E-state index contributed by atoms with van der Waals surface area (Å²) in [4.78, 5) is 38.3. The molecule has 0 saturated heterocycles. The molecule has 1 heterocycles. The number of Topliss-reactive ketones (excluding diaryl/α,β-unsaturated/α-hetero) is 1. The summed E-state index contributed by atoms with van der Waals surface area (Å²) in [6.07, 6.45) is 0. The van der Waals surface area contributed by atoms with Gasteiger partial charge in [0, 0.05) is 10.9 Å². The molecule has 0 aliphatic rings. The monoisotopic (exact) mass is 325 g/mol. The minimum atomic E-state index is -0.831. The number of hydrogen-bond acceptors (Lipinski definition) is 4. The van der Waals surface area contributed by atoms with E-state index < -0.39 is 29.7 Å². The fourth-order valence-corrected chi connectivity index (χ4v) is 2.27. The van der Waals surface area contributed by atoms with Crippen molar-refractivity contribution in [1.82, 2.24) is 4.98 Å². The summed E-state index contributed by atoms with van der Waals surface area (Å²) in [5.41, 5.74) is -0.364. The fourth-order valence-electron chi connectivity index (χ4n) is 2.27. The van der Waals surface area contributed by atoms with Gasteiger partial charge in [0.25, 0.3) is 5.56 Å². The van der Waals surface area contributed by atoms with Crippen molar-refractivity contribution in [2.24, 2.45) is 0 Å². The van der Waals surface area contributed by atoms with E-state index in [1.54, 1.807) is 24.3 Å². The van der Waals surface area contributed by atoms with E-state index in [4.69, 9.17) is 4.74 Å². The Morgan fingerprint density at radius 3 is 2.62 bits per heavy atom. The first-order chi connectivity index (χ1) is 11.5. The molecule has 0 aliphatic heterocycles. The summed E-state index contributed by atoms with van der Waals surface area (Å²) < 4.78 is 18.0. The van der Waals surface area contributed by atoms with Crippen LogP contribution < -0.4 is 5.56 Å². The van der Waals surface area contributed by atoms with Crippen LogP contribution in [0.4, 0.5) is 4.39 Å². The van der Waals surface area contributed by atoms with Crippen LogP contribution in [0.1, 0.15) is 20.8 Å². The third kappa shape index (κ3) is 3.22. The molecule has 120 valence electrons. The number of rotatable bonds is 4. The second-order valence-corrected chi connectivity index (χ2v) is 5.11. The minimum Gasteiger partial charge on any atom is -0.453 e. The van der Waals surface area contributed by atoms with Crippen molar-refractivity contribution in [2.45, 2.75) is 0 Å². The predicted octanol–water partition coefficient (Wildman–Crippen LogP) is 2.71. The molecule has 0 saturated carbocycles. The number of esters is 1. The quantitative estimate of drug-likeness (QED) is 0.591. The van der Waals surface area contributed by atoms with Gasteiger partial charge >= 0.3 is 5.97 Å². The predicted molar refractivity (Wildman–Crippen MR) is 85.6 cm³/mol. The molecule has 24 heavy (non-hydrogen) atoms. The maximum absolute atomic E-state index is 13.1. The van der Waals surface area contributed by atoms with Crippen molar-refractivity contribution in [3.8, 4) is 0 Å². The number of halogens is 1. The van der Waals surface area contributed by atoms with Crippen LogP contribution in [-0.4, -0.2) is 23.3 Å². The molecule has 0 radical (unpaired) electrons. The molecule has 0 bridgehead atoms. The Hall–Kier alpha value is -3.28. The second kappa shape index (κ2) is 6.45. The van der Waals surface area contributed by atoms with Gasteiger partial charge in [-0.25, -0.2) is 9.18 Å². The van der Waals surface area contributed by atoms with Crippen LogP contribution in [0.25, 0.3) is 10.8 Å². The summed E-state index contributed by atoms with van der Waals surface area (Å²) in [6.45, 7) is -0.545. The summed E-state index contributed by atoms with van der Waals surface area (Å²) >= 11 is 0. The zero-order valence-corrected chi connectivity index (χ0v) is 12.4. The lowest BCUT2D eigenvalue weighted by Gasteiger charge is -2.05. The molecule has 0 spiro atoms. The normalized spacial score (nSPS) is 10.5. The highest BCUT2D eigenvalue weighted by atomic mass is 19.1. The van der Waals surface area contributed by atoms with Crippen molar-refractivity contribution in [1.29, 1.82) is 0 Å². The van der Waals surface area contributed by atoms with E-state index in [-0.39, 0.29) is 11.3 Å². The first-order valence-electron chi connectivity index (χ1n) is 7.12. The second-order valence-electron chi connectivity index (χ2n) is 5.11. The first kappa shape index (κ1) is 15.6. The topological polar surface area (TPSA) is 76.2 Å². The fraction of sp³-hybridized carbons (Fsp3) is 0.0556. The third-order valence-electron chi connectivity index (χ3n) is 3.45. The molecular formula is C18H12FNO4. The number of nitrogens with one attached hydrogen (secondary N) is 1. The molecule has 5 nitrogen and oxygen atoms in total. The number of H-pyrrole nitrogens is 1. The Labute approximate surface area is 135 Å². The number of aromatic amines is 1. The summed E-state index contributed by atoms with van der Waals surface area (Å²) in [6, 6.07) is 13.4. The van der Waals surface area contributed by atoms with E-state index in [1.807, 2.05) is 0 Å². The van der Waals surface area contributed by atoms with Crippen molar-refractivity contribution in [3.63, 3.8) is 0 Å². The molecule has 0 atom stereocenters. The average molecular weight is 325 g/mol. The molecule has 1 N–H and O–H groups in total. The van der Waals surface area contributed by atoms with Crippen molar-refractivity contribution >= 4 is 22.5 Å². The zero-order chi connectivity index (χ0) is 17.1. The number of aromatic nitrogens is 1. The molecule has 0 unspecified atom stereocenters. The molecule has 0 fully saturated rings. The van der Waals surface area contributed by atoms with Crippen LogP contribution in [0.5, 0.6) is 0 Å². The lowest BCUT2D eigenvalue weighted by Crippen LogP contribution is -2.18. The molecule has 3 rings (SSSR count). The smallest absolute Gasteiger partial charge is 0.355 e. The summed E-state index contributed by atoms with van der Waals surface area (Å²) in [7, 11) is 0. The minimum absolute atomic E-state index is 0.0502. The summed E-state index contributed by atoms with van der Waals surface area (Å²) in [5.74, 6) is -1.92. The molecule has 3 aromatic rings. The standard InChI is InChI=1S/C18H12FNO4/c19-13-6-3-5-12(8-13)16(21)10-24-18(23)15-9-11-4-1-2-7-14(11)17(22)20-15/h1-9H,10H2,(H,20,22). The Morgan fingerprint density at radius 1 is 1.04 bits per heavy atom. The van der Waals surface area contributed by atoms with E-state index >= 15 is 0 Å². The number of pyridine rings is 1. The van der Waals surface area contributed by atoms with Gasteiger partial charge < -0.3 is 9.72 Å². The number of fused-ring (bicyclic) bond motifs is 1. The van der Waals surface area contributed by atoms with Crippen molar-refractivity contribution in [2.75, 3.05) is 6.61 Å². The van der Waals surface area contributed by atoms with Gasteiger partial charge in [-0.2, -0.15) is 0 Å². The lowest BCUT2D eigenvalue weighted by molar-refractivity contribution is 0.0469. The van der Waals surface area contributed by atoms with Gasteiger partial charge in [0.1, 0.15) is 11.5 Å². The van der Waals surface area contributed by atoms with Crippen LogP contribution in [0.2, 0.25) is 0 Å². The molecular weight excluding hydrogens is 313 g/mol. The number of carbonyl (C=O) groups is 2. The van der Waals surface area contributed by atoms with Crippen molar-refractivity contribution < 1.29 is 18.7 Å². The van der Waals surface area contributed by atoms with Gasteiger partial charge in [-0.05, 0) is 29.7 Å². The number of benzene rings is 2. The van der Waals surface area contributed by atoms with Gasteiger partial charge in [-0.3, -0.25) is 9.59 Å². The maximum atomic E-state index is 13.1. The van der Waals surface area contributed by atoms with Gasteiger partial charge in [0.2, 0.25) is 0 Å². The number of ketones is 1. The Kier molecular flexibility index (Phi) is 4.20. The van der Waals surface area contributed by atoms with Gasteiger partial charge in [-0.15, -0.1) is 0 Å². The summed E-state index contributed by atoms with van der Waals surface area (Å²) in [5, 5.41) is 1.04. The van der Waals surface area contributed by atoms with E-state index in [0.717, 1.165) is 6.07 Å². The number of hydrogen-bond donors (Lipinski definition) is 1. The lowest BCUT2D eigenvalue weighted by atomic mass is 10.1. The number of ether oxygens (including phenoxy) is 1. The van der Waals surface area contributed by atoms with Gasteiger partial charge in [0.05, 0.1) is 0 Å². The van der Waals surface area contributed by atoms with Gasteiger partial charge in [-0.1, -0.05) is 30.3 Å². The molecule has 6 heteroatoms. The third-order valence-corrected chi connectivity index (χ3v) is 3.45. The molecule has 0 aliphatic carbocycles. The van der Waals surface area contributed by atoms with Crippen molar-refractivity contribution in [3.05, 3.63) is 82.0 Å². The van der Waals surface area contributed by atoms with Crippen LogP contribution in [0.15, 0.2) is 59.4 Å². The molecule has 2 aromatic carbocycles. The average Bonchev–Trinajstić information content (AvgIpc) is 2.59.